The zero-order valence-corrected chi connectivity index (χ0v) is 13.4. The highest BCUT2D eigenvalue weighted by molar-refractivity contribution is 7.90. The molecule has 1 aromatic carbocycles. The van der Waals surface area contributed by atoms with Gasteiger partial charge in [-0.05, 0) is 19.1 Å². The molecule has 5 nitrogen and oxygen atoms in total. The molecule has 0 radical (unpaired) electrons. The van der Waals surface area contributed by atoms with Crippen molar-refractivity contribution >= 4 is 21.4 Å². The van der Waals surface area contributed by atoms with Crippen molar-refractivity contribution < 1.29 is 8.42 Å². The van der Waals surface area contributed by atoms with Gasteiger partial charge in [0, 0.05) is 42.3 Å². The Morgan fingerprint density at radius 1 is 1.19 bits per heavy atom. The molecule has 2 aromatic rings. The summed E-state index contributed by atoms with van der Waals surface area (Å²) in [5.74, 6) is 0. The Morgan fingerprint density at radius 2 is 1.95 bits per heavy atom. The van der Waals surface area contributed by atoms with Crippen LogP contribution in [0.25, 0.3) is 0 Å². The van der Waals surface area contributed by atoms with Gasteiger partial charge in [0.1, 0.15) is 0 Å². The van der Waals surface area contributed by atoms with E-state index in [1.54, 1.807) is 30.6 Å². The van der Waals surface area contributed by atoms with Gasteiger partial charge in [-0.3, -0.25) is 9.97 Å². The molecule has 0 amide bonds. The highest BCUT2D eigenvalue weighted by Gasteiger charge is 2.15. The minimum Gasteiger partial charge on any atom is -0.307 e. The number of halogens is 1. The SMILES string of the molecule is Cc1cnc(CNCc2c(Cl)cccc2S(C)(=O)=O)cn1. The summed E-state index contributed by atoms with van der Waals surface area (Å²) in [6.45, 7) is 2.70. The molecule has 0 aliphatic carbocycles. The first-order chi connectivity index (χ1) is 9.88. The zero-order valence-electron chi connectivity index (χ0n) is 11.8. The van der Waals surface area contributed by atoms with E-state index >= 15 is 0 Å². The normalized spacial score (nSPS) is 11.6. The van der Waals surface area contributed by atoms with Crippen molar-refractivity contribution in [3.63, 3.8) is 0 Å². The Hall–Kier alpha value is -1.50. The standard InChI is InChI=1S/C14H16ClN3O2S/c1-10-6-18-11(8-17-10)7-16-9-12-13(15)4-3-5-14(12)21(2,19)20/h3-6,8,16H,7,9H2,1-2H3. The number of nitrogens with one attached hydrogen (secondary N) is 1. The predicted molar refractivity (Wildman–Crippen MR) is 81.9 cm³/mol. The van der Waals surface area contributed by atoms with E-state index in [1.807, 2.05) is 6.92 Å². The third-order valence-electron chi connectivity index (χ3n) is 2.92. The molecule has 21 heavy (non-hydrogen) atoms. The van der Waals surface area contributed by atoms with E-state index in [0.29, 0.717) is 23.7 Å². The van der Waals surface area contributed by atoms with Gasteiger partial charge in [-0.15, -0.1) is 0 Å². The molecule has 0 aliphatic rings. The number of aromatic nitrogens is 2. The minimum atomic E-state index is -3.31. The summed E-state index contributed by atoms with van der Waals surface area (Å²) in [6.07, 6.45) is 4.55. The molecule has 1 heterocycles. The van der Waals surface area contributed by atoms with Crippen molar-refractivity contribution in [2.45, 2.75) is 24.9 Å². The summed E-state index contributed by atoms with van der Waals surface area (Å²) in [5.41, 5.74) is 2.21. The summed E-state index contributed by atoms with van der Waals surface area (Å²) < 4.78 is 23.5. The van der Waals surface area contributed by atoms with Crippen LogP contribution >= 0.6 is 11.6 Å². The molecule has 0 saturated heterocycles. The van der Waals surface area contributed by atoms with Gasteiger partial charge < -0.3 is 5.32 Å². The van der Waals surface area contributed by atoms with E-state index in [0.717, 1.165) is 11.4 Å². The van der Waals surface area contributed by atoms with Gasteiger partial charge in [-0.25, -0.2) is 8.42 Å². The molecule has 1 N–H and O–H groups in total. The lowest BCUT2D eigenvalue weighted by atomic mass is 10.2. The first-order valence-corrected chi connectivity index (χ1v) is 8.60. The van der Waals surface area contributed by atoms with E-state index in [2.05, 4.69) is 15.3 Å². The molecule has 0 bridgehead atoms. The summed E-state index contributed by atoms with van der Waals surface area (Å²) in [6, 6.07) is 4.87. The van der Waals surface area contributed by atoms with Crippen LogP contribution in [0.5, 0.6) is 0 Å². The molecule has 0 saturated carbocycles. The number of hydrogen-bond acceptors (Lipinski definition) is 5. The third-order valence-corrected chi connectivity index (χ3v) is 4.45. The second-order valence-corrected chi connectivity index (χ2v) is 7.13. The monoisotopic (exact) mass is 325 g/mol. The second kappa shape index (κ2) is 6.51. The van der Waals surface area contributed by atoms with Gasteiger partial charge in [0.25, 0.3) is 0 Å². The van der Waals surface area contributed by atoms with Gasteiger partial charge in [-0.1, -0.05) is 17.7 Å². The first-order valence-electron chi connectivity index (χ1n) is 6.33. The molecular formula is C14H16ClN3O2S. The average molecular weight is 326 g/mol. The van der Waals surface area contributed by atoms with Crippen LogP contribution in [0, 0.1) is 6.92 Å². The second-order valence-electron chi connectivity index (χ2n) is 4.74. The maximum Gasteiger partial charge on any atom is 0.175 e. The van der Waals surface area contributed by atoms with Crippen LogP contribution in [-0.2, 0) is 22.9 Å². The van der Waals surface area contributed by atoms with E-state index in [1.165, 1.54) is 6.26 Å². The lowest BCUT2D eigenvalue weighted by Crippen LogP contribution is -2.16. The molecule has 0 atom stereocenters. The van der Waals surface area contributed by atoms with Crippen LogP contribution in [0.4, 0.5) is 0 Å². The summed E-state index contributed by atoms with van der Waals surface area (Å²) >= 11 is 6.11. The Kier molecular flexibility index (Phi) is 4.92. The molecule has 7 heteroatoms. The fourth-order valence-electron chi connectivity index (χ4n) is 1.88. The van der Waals surface area contributed by atoms with Gasteiger partial charge >= 0.3 is 0 Å². The molecular weight excluding hydrogens is 310 g/mol. The molecule has 2 rings (SSSR count). The quantitative estimate of drug-likeness (QED) is 0.911. The van der Waals surface area contributed by atoms with Crippen LogP contribution in [0.3, 0.4) is 0 Å². The van der Waals surface area contributed by atoms with Gasteiger partial charge in [-0.2, -0.15) is 0 Å². The molecule has 112 valence electrons. The van der Waals surface area contributed by atoms with E-state index in [-0.39, 0.29) is 4.90 Å². The maximum absolute atomic E-state index is 11.8. The Morgan fingerprint density at radius 3 is 2.57 bits per heavy atom. The Labute approximate surface area is 129 Å². The van der Waals surface area contributed by atoms with Crippen LogP contribution in [0.15, 0.2) is 35.5 Å². The molecule has 0 fully saturated rings. The zero-order chi connectivity index (χ0) is 15.5. The Bertz CT molecular complexity index is 730. The van der Waals surface area contributed by atoms with Gasteiger partial charge in [0.15, 0.2) is 9.84 Å². The first kappa shape index (κ1) is 15.9. The van der Waals surface area contributed by atoms with Crippen molar-refractivity contribution in [3.05, 3.63) is 52.6 Å². The number of nitrogens with zero attached hydrogens (tertiary/aromatic N) is 2. The van der Waals surface area contributed by atoms with Crippen molar-refractivity contribution in [2.75, 3.05) is 6.26 Å². The highest BCUT2D eigenvalue weighted by Crippen LogP contribution is 2.23. The molecule has 0 aliphatic heterocycles. The lowest BCUT2D eigenvalue weighted by Gasteiger charge is -2.11. The van der Waals surface area contributed by atoms with E-state index < -0.39 is 9.84 Å². The predicted octanol–water partition coefficient (Wildman–Crippen LogP) is 2.13. The van der Waals surface area contributed by atoms with Crippen molar-refractivity contribution in [3.8, 4) is 0 Å². The lowest BCUT2D eigenvalue weighted by molar-refractivity contribution is 0.598. The molecule has 0 unspecified atom stereocenters. The molecule has 0 spiro atoms. The van der Waals surface area contributed by atoms with Crippen molar-refractivity contribution in [1.82, 2.24) is 15.3 Å². The molecule has 1 aromatic heterocycles. The van der Waals surface area contributed by atoms with Crippen molar-refractivity contribution in [2.24, 2.45) is 0 Å². The van der Waals surface area contributed by atoms with Crippen molar-refractivity contribution in [1.29, 1.82) is 0 Å². The van der Waals surface area contributed by atoms with E-state index in [4.69, 9.17) is 11.6 Å². The number of aryl methyl sites for hydroxylation is 1. The fourth-order valence-corrected chi connectivity index (χ4v) is 3.14. The number of sulfone groups is 1. The largest absolute Gasteiger partial charge is 0.307 e. The number of rotatable bonds is 5. The van der Waals surface area contributed by atoms with E-state index in [9.17, 15) is 8.42 Å². The summed E-state index contributed by atoms with van der Waals surface area (Å²) in [7, 11) is -3.31. The van der Waals surface area contributed by atoms with Crippen LogP contribution in [0.1, 0.15) is 17.0 Å². The van der Waals surface area contributed by atoms with Gasteiger partial charge in [0.2, 0.25) is 0 Å². The Balaban J connectivity index is 2.11. The topological polar surface area (TPSA) is 72.0 Å². The maximum atomic E-state index is 11.8. The van der Waals surface area contributed by atoms with Crippen LogP contribution in [-0.4, -0.2) is 24.6 Å². The highest BCUT2D eigenvalue weighted by atomic mass is 35.5. The third kappa shape index (κ3) is 4.23. The smallest absolute Gasteiger partial charge is 0.175 e. The number of hydrogen-bond donors (Lipinski definition) is 1. The summed E-state index contributed by atoms with van der Waals surface area (Å²) in [5, 5.41) is 3.57. The fraction of sp³-hybridized carbons (Fsp3) is 0.286. The van der Waals surface area contributed by atoms with Crippen LogP contribution < -0.4 is 5.32 Å². The average Bonchev–Trinajstić information content (AvgIpc) is 2.41. The van der Waals surface area contributed by atoms with Gasteiger partial charge in [0.05, 0.1) is 16.3 Å². The number of benzene rings is 1. The van der Waals surface area contributed by atoms with Crippen LogP contribution in [0.2, 0.25) is 5.02 Å². The summed E-state index contributed by atoms with van der Waals surface area (Å²) in [4.78, 5) is 8.63. The minimum absolute atomic E-state index is 0.248.